The topological polar surface area (TPSA) is 74.4 Å². The van der Waals surface area contributed by atoms with Gasteiger partial charge in [-0.2, -0.15) is 9.37 Å². The Balaban J connectivity index is 1.57. The molecule has 190 valence electrons. The van der Waals surface area contributed by atoms with Gasteiger partial charge in [-0.15, -0.1) is 0 Å². The number of benzene rings is 1. The molecule has 3 aromatic heterocycles. The van der Waals surface area contributed by atoms with Crippen LogP contribution in [0.4, 0.5) is 4.39 Å². The summed E-state index contributed by atoms with van der Waals surface area (Å²) in [5.41, 5.74) is 2.70. The lowest BCUT2D eigenvalue weighted by Gasteiger charge is -2.34. The summed E-state index contributed by atoms with van der Waals surface area (Å²) in [6.07, 6.45) is 4.28. The normalized spacial score (nSPS) is 18.4. The van der Waals surface area contributed by atoms with Crippen molar-refractivity contribution in [2.75, 3.05) is 40.5 Å². The summed E-state index contributed by atoms with van der Waals surface area (Å²) in [5.74, 6) is -0.334. The van der Waals surface area contributed by atoms with Crippen LogP contribution in [0.1, 0.15) is 26.2 Å². The molecule has 8 nitrogen and oxygen atoms in total. The third-order valence-corrected chi connectivity index (χ3v) is 6.97. The number of pyridine rings is 2. The monoisotopic (exact) mass is 493 g/mol. The molecule has 0 radical (unpaired) electrons. The zero-order valence-corrected chi connectivity index (χ0v) is 21.3. The van der Waals surface area contributed by atoms with Gasteiger partial charge < -0.3 is 14.4 Å². The minimum Gasteiger partial charge on any atom is -0.478 e. The molecule has 36 heavy (non-hydrogen) atoms. The Morgan fingerprint density at radius 1 is 1.25 bits per heavy atom. The van der Waals surface area contributed by atoms with Gasteiger partial charge in [0, 0.05) is 37.2 Å². The zero-order chi connectivity index (χ0) is 25.4. The largest absolute Gasteiger partial charge is 0.478 e. The highest BCUT2D eigenvalue weighted by atomic mass is 19.1. The van der Waals surface area contributed by atoms with E-state index in [0.29, 0.717) is 30.9 Å². The van der Waals surface area contributed by atoms with Crippen molar-refractivity contribution in [1.82, 2.24) is 24.0 Å². The van der Waals surface area contributed by atoms with Crippen molar-refractivity contribution in [3.63, 3.8) is 0 Å². The van der Waals surface area contributed by atoms with E-state index in [1.165, 1.54) is 0 Å². The SMILES string of the molecule is CN(C)CCCOc1ccc(-c2ccc3ncc4c(c3c2)n([C@@]2(C)CCCOC2)c(=O)n4C)c(F)n1. The van der Waals surface area contributed by atoms with Gasteiger partial charge >= 0.3 is 5.69 Å². The van der Waals surface area contributed by atoms with Gasteiger partial charge in [-0.25, -0.2) is 4.79 Å². The van der Waals surface area contributed by atoms with Gasteiger partial charge in [0.05, 0.1) is 41.5 Å². The first-order valence-corrected chi connectivity index (χ1v) is 12.3. The lowest BCUT2D eigenvalue weighted by molar-refractivity contribution is 0.00977. The van der Waals surface area contributed by atoms with Crippen LogP contribution in [0, 0.1) is 5.95 Å². The molecule has 0 aliphatic carbocycles. The molecule has 5 rings (SSSR count). The molecule has 1 aliphatic rings. The fourth-order valence-corrected chi connectivity index (χ4v) is 5.03. The van der Waals surface area contributed by atoms with Crippen LogP contribution < -0.4 is 10.4 Å². The number of aromatic nitrogens is 4. The van der Waals surface area contributed by atoms with E-state index in [1.807, 2.05) is 36.9 Å². The van der Waals surface area contributed by atoms with Crippen LogP contribution >= 0.6 is 0 Å². The van der Waals surface area contributed by atoms with E-state index in [0.717, 1.165) is 47.7 Å². The molecule has 0 saturated carbocycles. The first-order valence-electron chi connectivity index (χ1n) is 12.3. The summed E-state index contributed by atoms with van der Waals surface area (Å²) >= 11 is 0. The molecule has 0 N–H and O–H groups in total. The number of nitrogens with zero attached hydrogens (tertiary/aromatic N) is 5. The van der Waals surface area contributed by atoms with Crippen molar-refractivity contribution in [3.05, 3.63) is 53.0 Å². The fourth-order valence-electron chi connectivity index (χ4n) is 5.03. The first kappa shape index (κ1) is 24.4. The van der Waals surface area contributed by atoms with Crippen molar-refractivity contribution >= 4 is 21.9 Å². The van der Waals surface area contributed by atoms with E-state index in [9.17, 15) is 4.79 Å². The molecule has 1 atom stereocenters. The molecule has 0 amide bonds. The maximum Gasteiger partial charge on any atom is 0.329 e. The predicted molar refractivity (Wildman–Crippen MR) is 138 cm³/mol. The maximum absolute atomic E-state index is 15.1. The van der Waals surface area contributed by atoms with E-state index in [1.54, 1.807) is 29.9 Å². The van der Waals surface area contributed by atoms with Gasteiger partial charge in [-0.3, -0.25) is 14.1 Å². The number of fused-ring (bicyclic) bond motifs is 3. The Labute approximate surface area is 209 Å². The van der Waals surface area contributed by atoms with E-state index < -0.39 is 11.5 Å². The molecule has 1 saturated heterocycles. The molecule has 1 fully saturated rings. The highest BCUT2D eigenvalue weighted by Gasteiger charge is 2.34. The van der Waals surface area contributed by atoms with Crippen LogP contribution in [-0.2, 0) is 17.3 Å². The van der Waals surface area contributed by atoms with E-state index >= 15 is 4.39 Å². The van der Waals surface area contributed by atoms with Crippen molar-refractivity contribution in [3.8, 4) is 17.0 Å². The minimum atomic E-state index is -0.599. The number of halogens is 1. The quantitative estimate of drug-likeness (QED) is 0.287. The van der Waals surface area contributed by atoms with Crippen molar-refractivity contribution in [1.29, 1.82) is 0 Å². The van der Waals surface area contributed by atoms with Crippen LogP contribution in [0.3, 0.4) is 0 Å². The van der Waals surface area contributed by atoms with E-state index in [2.05, 4.69) is 21.8 Å². The Morgan fingerprint density at radius 2 is 2.08 bits per heavy atom. The first-order chi connectivity index (χ1) is 17.3. The third kappa shape index (κ3) is 4.37. The Hall–Kier alpha value is -3.30. The summed E-state index contributed by atoms with van der Waals surface area (Å²) in [4.78, 5) is 24.1. The van der Waals surface area contributed by atoms with Crippen molar-refractivity contribution in [2.45, 2.75) is 31.7 Å². The second kappa shape index (κ2) is 9.63. The lowest BCUT2D eigenvalue weighted by Crippen LogP contribution is -2.44. The lowest BCUT2D eigenvalue weighted by atomic mass is 9.94. The smallest absolute Gasteiger partial charge is 0.329 e. The molecular formula is C27H32FN5O3. The molecule has 1 aliphatic heterocycles. The number of aryl methyl sites for hydroxylation is 1. The summed E-state index contributed by atoms with van der Waals surface area (Å²) < 4.78 is 30.0. The molecule has 0 spiro atoms. The van der Waals surface area contributed by atoms with Crippen molar-refractivity contribution < 1.29 is 13.9 Å². The number of ether oxygens (including phenoxy) is 2. The summed E-state index contributed by atoms with van der Waals surface area (Å²) in [6.45, 7) is 4.57. The highest BCUT2D eigenvalue weighted by Crippen LogP contribution is 2.34. The highest BCUT2D eigenvalue weighted by molar-refractivity contribution is 6.04. The van der Waals surface area contributed by atoms with Gasteiger partial charge in [-0.05, 0) is 64.0 Å². The second-order valence-electron chi connectivity index (χ2n) is 10.0. The predicted octanol–water partition coefficient (Wildman–Crippen LogP) is 3.95. The Morgan fingerprint density at radius 3 is 2.81 bits per heavy atom. The second-order valence-corrected chi connectivity index (χ2v) is 10.0. The maximum atomic E-state index is 15.1. The standard InChI is InChI=1S/C27H32FN5O3/c1-27(11-5-13-35-17-27)33-24-20-15-18(7-9-21(20)29-16-22(24)32(4)26(33)34)19-8-10-23(30-25(19)28)36-14-6-12-31(2)3/h7-10,15-16H,5-6,11-14,17H2,1-4H3/t27-/m0/s1. The summed E-state index contributed by atoms with van der Waals surface area (Å²) in [7, 11) is 5.75. The van der Waals surface area contributed by atoms with Gasteiger partial charge in [0.15, 0.2) is 0 Å². The van der Waals surface area contributed by atoms with E-state index in [4.69, 9.17) is 9.47 Å². The third-order valence-electron chi connectivity index (χ3n) is 6.97. The van der Waals surface area contributed by atoms with Crippen LogP contribution in [0.25, 0.3) is 33.1 Å². The molecule has 0 unspecified atom stereocenters. The molecule has 4 heterocycles. The average Bonchev–Trinajstić information content (AvgIpc) is 3.13. The number of hydrogen-bond donors (Lipinski definition) is 0. The Bertz CT molecular complexity index is 1470. The number of imidazole rings is 1. The fraction of sp³-hybridized carbons (Fsp3) is 0.444. The van der Waals surface area contributed by atoms with Gasteiger partial charge in [0.2, 0.25) is 11.8 Å². The molecule has 4 aromatic rings. The number of hydrogen-bond acceptors (Lipinski definition) is 6. The molecule has 9 heteroatoms. The van der Waals surface area contributed by atoms with Crippen LogP contribution in [0.15, 0.2) is 41.3 Å². The summed E-state index contributed by atoms with van der Waals surface area (Å²) in [6, 6.07) is 8.96. The van der Waals surface area contributed by atoms with Crippen LogP contribution in [-0.4, -0.2) is 64.5 Å². The van der Waals surface area contributed by atoms with Gasteiger partial charge in [-0.1, -0.05) is 6.07 Å². The minimum absolute atomic E-state index is 0.110. The number of rotatable bonds is 7. The molecule has 0 bridgehead atoms. The van der Waals surface area contributed by atoms with Gasteiger partial charge in [0.1, 0.15) is 0 Å². The Kier molecular flexibility index (Phi) is 6.53. The molecule has 1 aromatic carbocycles. The van der Waals surface area contributed by atoms with Crippen LogP contribution in [0.5, 0.6) is 5.88 Å². The average molecular weight is 494 g/mol. The van der Waals surface area contributed by atoms with Crippen LogP contribution in [0.2, 0.25) is 0 Å². The van der Waals surface area contributed by atoms with Gasteiger partial charge in [0.25, 0.3) is 0 Å². The van der Waals surface area contributed by atoms with Crippen molar-refractivity contribution in [2.24, 2.45) is 7.05 Å². The zero-order valence-electron chi connectivity index (χ0n) is 21.3. The molecular weight excluding hydrogens is 461 g/mol. The van der Waals surface area contributed by atoms with E-state index in [-0.39, 0.29) is 11.6 Å². The summed E-state index contributed by atoms with van der Waals surface area (Å²) in [5, 5.41) is 0.790.